The number of hydrogen-bond acceptors (Lipinski definition) is 2. The first-order chi connectivity index (χ1) is 8.19. The van der Waals surface area contributed by atoms with Crippen molar-refractivity contribution in [2.75, 3.05) is 0 Å². The third kappa shape index (κ3) is 4.17. The number of carbonyl (C=O) groups is 1. The van der Waals surface area contributed by atoms with E-state index in [9.17, 15) is 4.79 Å². The van der Waals surface area contributed by atoms with Crippen molar-refractivity contribution in [3.05, 3.63) is 30.1 Å². The van der Waals surface area contributed by atoms with Crippen LogP contribution in [-0.4, -0.2) is 21.8 Å². The van der Waals surface area contributed by atoms with E-state index < -0.39 is 0 Å². The van der Waals surface area contributed by atoms with E-state index >= 15 is 0 Å². The molecule has 1 aromatic heterocycles. The zero-order valence-corrected chi connectivity index (χ0v) is 11.0. The molecule has 17 heavy (non-hydrogen) atoms. The molecule has 1 rings (SSSR count). The molecule has 1 heterocycles. The van der Waals surface area contributed by atoms with Gasteiger partial charge in [-0.3, -0.25) is 9.78 Å². The van der Waals surface area contributed by atoms with E-state index in [1.165, 1.54) is 0 Å². The Morgan fingerprint density at radius 2 is 2.00 bits per heavy atom. The number of carbonyl (C=O) groups excluding carboxylic acids is 1. The molecule has 94 valence electrons. The van der Waals surface area contributed by atoms with Crippen molar-refractivity contribution >= 4 is 5.91 Å². The van der Waals surface area contributed by atoms with Crippen LogP contribution in [0.25, 0.3) is 0 Å². The van der Waals surface area contributed by atoms with E-state index in [2.05, 4.69) is 18.8 Å². The van der Waals surface area contributed by atoms with Crippen molar-refractivity contribution < 1.29 is 4.79 Å². The molecule has 0 radical (unpaired) electrons. The fraction of sp³-hybridized carbons (Fsp3) is 0.571. The predicted molar refractivity (Wildman–Crippen MR) is 69.4 cm³/mol. The molecular weight excluding hydrogens is 212 g/mol. The largest absolute Gasteiger partial charge is 0.336 e. The van der Waals surface area contributed by atoms with Gasteiger partial charge in [-0.15, -0.1) is 0 Å². The summed E-state index contributed by atoms with van der Waals surface area (Å²) in [6.07, 6.45) is 6.07. The van der Waals surface area contributed by atoms with Crippen LogP contribution >= 0.6 is 0 Å². The van der Waals surface area contributed by atoms with Crippen molar-refractivity contribution in [1.82, 2.24) is 9.88 Å². The van der Waals surface area contributed by atoms with Crippen molar-refractivity contribution in [1.29, 1.82) is 0 Å². The number of pyridine rings is 1. The van der Waals surface area contributed by atoms with E-state index in [-0.39, 0.29) is 5.91 Å². The van der Waals surface area contributed by atoms with Crippen molar-refractivity contribution in [2.45, 2.75) is 52.6 Å². The first-order valence-corrected chi connectivity index (χ1v) is 6.37. The Morgan fingerprint density at radius 3 is 2.53 bits per heavy atom. The molecule has 0 aliphatic heterocycles. The standard InChI is InChI=1S/C14H22N2O/c1-4-6-14(17)16(12(3)5-2)11-13-7-9-15-10-8-13/h7-10,12H,4-6,11H2,1-3H3/t12-/m1/s1. The molecule has 0 aromatic carbocycles. The zero-order valence-electron chi connectivity index (χ0n) is 11.0. The molecule has 3 nitrogen and oxygen atoms in total. The van der Waals surface area contributed by atoms with Gasteiger partial charge in [0.2, 0.25) is 5.91 Å². The van der Waals surface area contributed by atoms with Crippen LogP contribution in [0.3, 0.4) is 0 Å². The predicted octanol–water partition coefficient (Wildman–Crippen LogP) is 3.01. The zero-order chi connectivity index (χ0) is 12.7. The molecule has 0 fully saturated rings. The molecule has 0 aliphatic rings. The topological polar surface area (TPSA) is 33.2 Å². The number of amides is 1. The summed E-state index contributed by atoms with van der Waals surface area (Å²) in [5.41, 5.74) is 1.14. The summed E-state index contributed by atoms with van der Waals surface area (Å²) < 4.78 is 0. The molecule has 0 saturated heterocycles. The maximum atomic E-state index is 12.1. The van der Waals surface area contributed by atoms with Crippen LogP contribution in [0.1, 0.15) is 45.6 Å². The third-order valence-corrected chi connectivity index (χ3v) is 3.01. The first kappa shape index (κ1) is 13.7. The van der Waals surface area contributed by atoms with Crippen LogP contribution in [-0.2, 0) is 11.3 Å². The van der Waals surface area contributed by atoms with Gasteiger partial charge >= 0.3 is 0 Å². The molecule has 0 unspecified atom stereocenters. The van der Waals surface area contributed by atoms with Gasteiger partial charge in [-0.05, 0) is 37.5 Å². The Hall–Kier alpha value is -1.38. The minimum atomic E-state index is 0.249. The van der Waals surface area contributed by atoms with Gasteiger partial charge in [0.25, 0.3) is 0 Å². The smallest absolute Gasteiger partial charge is 0.223 e. The third-order valence-electron chi connectivity index (χ3n) is 3.01. The highest BCUT2D eigenvalue weighted by Crippen LogP contribution is 2.12. The number of nitrogens with zero attached hydrogens (tertiary/aromatic N) is 2. The Morgan fingerprint density at radius 1 is 1.35 bits per heavy atom. The average Bonchev–Trinajstić information content (AvgIpc) is 2.36. The van der Waals surface area contributed by atoms with E-state index in [0.29, 0.717) is 19.0 Å². The highest BCUT2D eigenvalue weighted by molar-refractivity contribution is 5.76. The molecule has 1 aromatic rings. The van der Waals surface area contributed by atoms with E-state index in [1.807, 2.05) is 24.0 Å². The molecule has 0 saturated carbocycles. The molecule has 0 bridgehead atoms. The maximum Gasteiger partial charge on any atom is 0.223 e. The molecule has 1 atom stereocenters. The molecule has 0 aliphatic carbocycles. The lowest BCUT2D eigenvalue weighted by atomic mass is 10.1. The summed E-state index contributed by atoms with van der Waals surface area (Å²) >= 11 is 0. The van der Waals surface area contributed by atoms with Gasteiger partial charge in [0, 0.05) is 31.4 Å². The van der Waals surface area contributed by atoms with E-state index in [1.54, 1.807) is 12.4 Å². The summed E-state index contributed by atoms with van der Waals surface area (Å²) in [5.74, 6) is 0.249. The minimum Gasteiger partial charge on any atom is -0.336 e. The fourth-order valence-corrected chi connectivity index (χ4v) is 1.75. The lowest BCUT2D eigenvalue weighted by molar-refractivity contribution is -0.134. The van der Waals surface area contributed by atoms with E-state index in [4.69, 9.17) is 0 Å². The lowest BCUT2D eigenvalue weighted by Gasteiger charge is -2.28. The monoisotopic (exact) mass is 234 g/mol. The summed E-state index contributed by atoms with van der Waals surface area (Å²) in [6, 6.07) is 4.23. The number of hydrogen-bond donors (Lipinski definition) is 0. The lowest BCUT2D eigenvalue weighted by Crippen LogP contribution is -2.37. The van der Waals surface area contributed by atoms with Crippen LogP contribution in [0, 0.1) is 0 Å². The van der Waals surface area contributed by atoms with Crippen LogP contribution < -0.4 is 0 Å². The quantitative estimate of drug-likeness (QED) is 0.758. The Kier molecular flexibility index (Phi) is 5.67. The Labute approximate surface area is 104 Å². The second kappa shape index (κ2) is 7.05. The van der Waals surface area contributed by atoms with Crippen LogP contribution in [0.15, 0.2) is 24.5 Å². The minimum absolute atomic E-state index is 0.249. The maximum absolute atomic E-state index is 12.1. The number of aromatic nitrogens is 1. The summed E-state index contributed by atoms with van der Waals surface area (Å²) in [7, 11) is 0. The van der Waals surface area contributed by atoms with Crippen molar-refractivity contribution in [3.8, 4) is 0 Å². The van der Waals surface area contributed by atoms with Gasteiger partial charge in [-0.2, -0.15) is 0 Å². The Bertz CT molecular complexity index is 337. The number of rotatable bonds is 6. The molecule has 1 amide bonds. The van der Waals surface area contributed by atoms with Gasteiger partial charge in [0.15, 0.2) is 0 Å². The molecular formula is C14H22N2O. The highest BCUT2D eigenvalue weighted by atomic mass is 16.2. The Balaban J connectivity index is 2.73. The second-order valence-corrected chi connectivity index (χ2v) is 4.38. The molecule has 0 spiro atoms. The summed E-state index contributed by atoms with van der Waals surface area (Å²) in [6.45, 7) is 6.95. The highest BCUT2D eigenvalue weighted by Gasteiger charge is 2.17. The van der Waals surface area contributed by atoms with E-state index in [0.717, 1.165) is 18.4 Å². The SMILES string of the molecule is CCCC(=O)N(Cc1ccncc1)[C@H](C)CC. The van der Waals surface area contributed by atoms with Crippen LogP contribution in [0.4, 0.5) is 0 Å². The van der Waals surface area contributed by atoms with Gasteiger partial charge in [-0.25, -0.2) is 0 Å². The summed E-state index contributed by atoms with van der Waals surface area (Å²) in [4.78, 5) is 18.0. The normalized spacial score (nSPS) is 12.2. The average molecular weight is 234 g/mol. The van der Waals surface area contributed by atoms with Gasteiger partial charge in [0.05, 0.1) is 0 Å². The molecule has 3 heteroatoms. The van der Waals surface area contributed by atoms with Crippen molar-refractivity contribution in [2.24, 2.45) is 0 Å². The van der Waals surface area contributed by atoms with Crippen molar-refractivity contribution in [3.63, 3.8) is 0 Å². The van der Waals surface area contributed by atoms with Gasteiger partial charge < -0.3 is 4.90 Å². The van der Waals surface area contributed by atoms with Gasteiger partial charge in [0.1, 0.15) is 0 Å². The van der Waals surface area contributed by atoms with Gasteiger partial charge in [-0.1, -0.05) is 13.8 Å². The molecule has 0 N–H and O–H groups in total. The second-order valence-electron chi connectivity index (χ2n) is 4.38. The van der Waals surface area contributed by atoms with Crippen LogP contribution in [0.2, 0.25) is 0 Å². The fourth-order valence-electron chi connectivity index (χ4n) is 1.75. The van der Waals surface area contributed by atoms with Crippen LogP contribution in [0.5, 0.6) is 0 Å². The first-order valence-electron chi connectivity index (χ1n) is 6.37. The summed E-state index contributed by atoms with van der Waals surface area (Å²) in [5, 5.41) is 0.